The normalized spacial score (nSPS) is 18.7. The third-order valence-corrected chi connectivity index (χ3v) is 4.41. The highest BCUT2D eigenvalue weighted by molar-refractivity contribution is 5.37. The lowest BCUT2D eigenvalue weighted by Gasteiger charge is -2.25. The summed E-state index contributed by atoms with van der Waals surface area (Å²) in [4.78, 5) is 0. The van der Waals surface area contributed by atoms with Gasteiger partial charge in [-0.05, 0) is 36.9 Å². The molecular formula is C17H24N4. The summed E-state index contributed by atoms with van der Waals surface area (Å²) in [6, 6.07) is 9.15. The van der Waals surface area contributed by atoms with Crippen LogP contribution in [0.4, 0.5) is 0 Å². The van der Waals surface area contributed by atoms with E-state index in [4.69, 9.17) is 0 Å². The quantitative estimate of drug-likeness (QED) is 0.886. The molecule has 112 valence electrons. The molecule has 0 spiro atoms. The minimum absolute atomic E-state index is 0.306. The maximum atomic E-state index is 4.26. The highest BCUT2D eigenvalue weighted by atomic mass is 15.4. The predicted molar refractivity (Wildman–Crippen MR) is 84.2 cm³/mol. The number of nitrogens with zero attached hydrogens (tertiary/aromatic N) is 3. The molecule has 0 amide bonds. The van der Waals surface area contributed by atoms with Crippen molar-refractivity contribution in [1.82, 2.24) is 20.3 Å². The number of nitrogens with one attached hydrogen (secondary N) is 1. The molecule has 1 aliphatic carbocycles. The van der Waals surface area contributed by atoms with Crippen LogP contribution in [0.25, 0.3) is 0 Å². The lowest BCUT2D eigenvalue weighted by Crippen LogP contribution is -2.28. The first-order valence-electron chi connectivity index (χ1n) is 8.04. The molecule has 4 nitrogen and oxygen atoms in total. The van der Waals surface area contributed by atoms with Crippen LogP contribution in [-0.2, 0) is 13.0 Å². The van der Waals surface area contributed by atoms with E-state index in [-0.39, 0.29) is 0 Å². The van der Waals surface area contributed by atoms with Crippen molar-refractivity contribution >= 4 is 0 Å². The standard InChI is InChI=1S/C17H24N4/c1-3-11-21-16(12-19-20-21)17(18-4-2)15-10-9-13-7-5-6-8-14(13)15/h5-8,12,15,17-18H,3-4,9-11H2,1-2H3. The minimum atomic E-state index is 0.306. The molecular weight excluding hydrogens is 260 g/mol. The Morgan fingerprint density at radius 1 is 1.33 bits per heavy atom. The molecule has 2 atom stereocenters. The van der Waals surface area contributed by atoms with Gasteiger partial charge in [0.1, 0.15) is 0 Å². The van der Waals surface area contributed by atoms with Gasteiger partial charge in [-0.25, -0.2) is 4.68 Å². The van der Waals surface area contributed by atoms with Crippen molar-refractivity contribution < 1.29 is 0 Å². The lowest BCUT2D eigenvalue weighted by molar-refractivity contribution is 0.413. The van der Waals surface area contributed by atoms with Gasteiger partial charge in [-0.3, -0.25) is 0 Å². The summed E-state index contributed by atoms with van der Waals surface area (Å²) in [6.45, 7) is 6.24. The molecule has 0 radical (unpaired) electrons. The molecule has 0 saturated carbocycles. The number of rotatable bonds is 6. The number of hydrogen-bond donors (Lipinski definition) is 1. The molecule has 1 N–H and O–H groups in total. The van der Waals surface area contributed by atoms with Crippen LogP contribution in [0, 0.1) is 0 Å². The molecule has 1 aromatic heterocycles. The Bertz CT molecular complexity index is 590. The van der Waals surface area contributed by atoms with Gasteiger partial charge in [0.2, 0.25) is 0 Å². The SMILES string of the molecule is CCCn1nncc1C(NCC)C1CCc2ccccc21. The van der Waals surface area contributed by atoms with E-state index >= 15 is 0 Å². The zero-order valence-electron chi connectivity index (χ0n) is 12.9. The number of likely N-dealkylation sites (N-methyl/N-ethyl adjacent to an activating group) is 1. The van der Waals surface area contributed by atoms with Gasteiger partial charge in [-0.1, -0.05) is 43.3 Å². The average molecular weight is 284 g/mol. The van der Waals surface area contributed by atoms with E-state index in [1.165, 1.54) is 29.7 Å². The highest BCUT2D eigenvalue weighted by Gasteiger charge is 2.32. The molecule has 2 unspecified atom stereocenters. The summed E-state index contributed by atoms with van der Waals surface area (Å²) in [5, 5.41) is 12.1. The van der Waals surface area contributed by atoms with Crippen LogP contribution in [-0.4, -0.2) is 21.5 Å². The van der Waals surface area contributed by atoms with E-state index in [2.05, 4.69) is 58.4 Å². The highest BCUT2D eigenvalue weighted by Crippen LogP contribution is 2.41. The van der Waals surface area contributed by atoms with Crippen LogP contribution >= 0.6 is 0 Å². The number of hydrogen-bond acceptors (Lipinski definition) is 3. The zero-order chi connectivity index (χ0) is 14.7. The molecule has 0 aliphatic heterocycles. The Hall–Kier alpha value is -1.68. The van der Waals surface area contributed by atoms with Gasteiger partial charge in [0.25, 0.3) is 0 Å². The molecule has 1 aromatic carbocycles. The van der Waals surface area contributed by atoms with E-state index in [1.807, 2.05) is 6.20 Å². The van der Waals surface area contributed by atoms with Gasteiger partial charge in [-0.15, -0.1) is 5.10 Å². The van der Waals surface area contributed by atoms with Crippen LogP contribution in [0.1, 0.15) is 55.5 Å². The fourth-order valence-corrected chi connectivity index (χ4v) is 3.50. The van der Waals surface area contributed by atoms with E-state index < -0.39 is 0 Å². The molecule has 2 aromatic rings. The van der Waals surface area contributed by atoms with Gasteiger partial charge in [0.15, 0.2) is 0 Å². The van der Waals surface area contributed by atoms with Gasteiger partial charge < -0.3 is 5.32 Å². The van der Waals surface area contributed by atoms with Crippen molar-refractivity contribution in [3.05, 3.63) is 47.3 Å². The van der Waals surface area contributed by atoms with E-state index in [0.717, 1.165) is 19.5 Å². The van der Waals surface area contributed by atoms with E-state index in [0.29, 0.717) is 12.0 Å². The van der Waals surface area contributed by atoms with Crippen molar-refractivity contribution in [3.8, 4) is 0 Å². The first-order chi connectivity index (χ1) is 10.3. The molecule has 0 saturated heterocycles. The predicted octanol–water partition coefficient (Wildman–Crippen LogP) is 3.07. The topological polar surface area (TPSA) is 42.7 Å². The largest absolute Gasteiger partial charge is 0.308 e. The van der Waals surface area contributed by atoms with Crippen LogP contribution in [0.2, 0.25) is 0 Å². The first kappa shape index (κ1) is 14.3. The van der Waals surface area contributed by atoms with E-state index in [9.17, 15) is 0 Å². The summed E-state index contributed by atoms with van der Waals surface area (Å²) in [6.07, 6.45) is 5.40. The van der Waals surface area contributed by atoms with Crippen molar-refractivity contribution in [3.63, 3.8) is 0 Å². The summed E-state index contributed by atoms with van der Waals surface area (Å²) in [5.41, 5.74) is 4.22. The average Bonchev–Trinajstić information content (AvgIpc) is 3.12. The molecule has 21 heavy (non-hydrogen) atoms. The molecule has 3 rings (SSSR count). The van der Waals surface area contributed by atoms with Crippen LogP contribution in [0.5, 0.6) is 0 Å². The Morgan fingerprint density at radius 2 is 2.19 bits per heavy atom. The maximum Gasteiger partial charge on any atom is 0.0762 e. The Kier molecular flexibility index (Phi) is 4.34. The lowest BCUT2D eigenvalue weighted by atomic mass is 9.91. The molecule has 1 heterocycles. The van der Waals surface area contributed by atoms with Gasteiger partial charge >= 0.3 is 0 Å². The fourth-order valence-electron chi connectivity index (χ4n) is 3.50. The number of aryl methyl sites for hydroxylation is 2. The molecule has 0 fully saturated rings. The minimum Gasteiger partial charge on any atom is -0.308 e. The maximum absolute atomic E-state index is 4.26. The number of aromatic nitrogens is 3. The summed E-state index contributed by atoms with van der Waals surface area (Å²) in [5.74, 6) is 0.523. The van der Waals surface area contributed by atoms with E-state index in [1.54, 1.807) is 0 Å². The third kappa shape index (κ3) is 2.72. The smallest absolute Gasteiger partial charge is 0.0762 e. The summed E-state index contributed by atoms with van der Waals surface area (Å²) in [7, 11) is 0. The zero-order valence-corrected chi connectivity index (χ0v) is 12.9. The van der Waals surface area contributed by atoms with Crippen LogP contribution < -0.4 is 5.32 Å². The second-order valence-corrected chi connectivity index (χ2v) is 5.76. The second-order valence-electron chi connectivity index (χ2n) is 5.76. The van der Waals surface area contributed by atoms with Gasteiger partial charge in [0.05, 0.1) is 17.9 Å². The van der Waals surface area contributed by atoms with Crippen LogP contribution in [0.15, 0.2) is 30.5 Å². The third-order valence-electron chi connectivity index (χ3n) is 4.41. The van der Waals surface area contributed by atoms with Crippen molar-refractivity contribution in [2.75, 3.05) is 6.54 Å². The molecule has 0 bridgehead atoms. The Balaban J connectivity index is 1.94. The Labute approximate surface area is 126 Å². The summed E-state index contributed by atoms with van der Waals surface area (Å²) < 4.78 is 2.06. The summed E-state index contributed by atoms with van der Waals surface area (Å²) >= 11 is 0. The van der Waals surface area contributed by atoms with Gasteiger partial charge in [0, 0.05) is 12.5 Å². The fraction of sp³-hybridized carbons (Fsp3) is 0.529. The van der Waals surface area contributed by atoms with Crippen LogP contribution in [0.3, 0.4) is 0 Å². The first-order valence-corrected chi connectivity index (χ1v) is 8.04. The second kappa shape index (κ2) is 6.39. The van der Waals surface area contributed by atoms with Crippen molar-refractivity contribution in [2.45, 2.75) is 51.6 Å². The number of fused-ring (bicyclic) bond motifs is 1. The number of benzene rings is 1. The van der Waals surface area contributed by atoms with Crippen molar-refractivity contribution in [2.24, 2.45) is 0 Å². The monoisotopic (exact) mass is 284 g/mol. The van der Waals surface area contributed by atoms with Gasteiger partial charge in [-0.2, -0.15) is 0 Å². The Morgan fingerprint density at radius 3 is 3.00 bits per heavy atom. The molecule has 1 aliphatic rings. The van der Waals surface area contributed by atoms with Crippen molar-refractivity contribution in [1.29, 1.82) is 0 Å². The molecule has 4 heteroatoms.